The number of aryl methyl sites for hydroxylation is 1. The second-order valence-electron chi connectivity index (χ2n) is 7.08. The molecule has 0 bridgehead atoms. The number of amides is 1. The minimum Gasteiger partial charge on any atom is -0.379 e. The first kappa shape index (κ1) is 19.5. The zero-order chi connectivity index (χ0) is 18.9. The van der Waals surface area contributed by atoms with Crippen molar-refractivity contribution in [1.82, 2.24) is 14.8 Å². The second kappa shape index (κ2) is 10.2. The number of hydrogen-bond acceptors (Lipinski definition) is 4. The molecule has 0 radical (unpaired) electrons. The lowest BCUT2D eigenvalue weighted by atomic mass is 10.0. The summed E-state index contributed by atoms with van der Waals surface area (Å²) >= 11 is 0. The van der Waals surface area contributed by atoms with Crippen molar-refractivity contribution in [3.05, 3.63) is 65.5 Å². The van der Waals surface area contributed by atoms with Crippen LogP contribution >= 0.6 is 0 Å². The van der Waals surface area contributed by atoms with Gasteiger partial charge in [-0.15, -0.1) is 0 Å². The maximum atomic E-state index is 13.0. The van der Waals surface area contributed by atoms with E-state index in [2.05, 4.69) is 22.9 Å². The molecule has 0 aliphatic carbocycles. The molecule has 5 nitrogen and oxygen atoms in total. The van der Waals surface area contributed by atoms with Crippen LogP contribution in [0.5, 0.6) is 0 Å². The van der Waals surface area contributed by atoms with Crippen molar-refractivity contribution in [3.63, 3.8) is 0 Å². The molecule has 1 fully saturated rings. The van der Waals surface area contributed by atoms with Gasteiger partial charge in [-0.1, -0.05) is 24.3 Å². The largest absolute Gasteiger partial charge is 0.379 e. The molecular weight excluding hydrogens is 338 g/mol. The maximum absolute atomic E-state index is 13.0. The van der Waals surface area contributed by atoms with Crippen molar-refractivity contribution in [2.75, 3.05) is 39.4 Å². The lowest BCUT2D eigenvalue weighted by Gasteiger charge is -2.28. The summed E-state index contributed by atoms with van der Waals surface area (Å²) < 4.78 is 5.41. The van der Waals surface area contributed by atoms with Crippen LogP contribution in [-0.2, 0) is 22.5 Å². The van der Waals surface area contributed by atoms with Crippen molar-refractivity contribution in [3.8, 4) is 0 Å². The minimum atomic E-state index is 0.183. The number of carbonyl (C=O) groups excluding carboxylic acids is 1. The van der Waals surface area contributed by atoms with Crippen LogP contribution in [0.1, 0.15) is 23.1 Å². The molecular formula is C22H29N3O2. The van der Waals surface area contributed by atoms with Crippen LogP contribution in [0.2, 0.25) is 0 Å². The average Bonchev–Trinajstić information content (AvgIpc) is 2.70. The zero-order valence-electron chi connectivity index (χ0n) is 16.1. The Labute approximate surface area is 162 Å². The molecule has 2 aromatic rings. The van der Waals surface area contributed by atoms with E-state index < -0.39 is 0 Å². The smallest absolute Gasteiger partial charge is 0.227 e. The number of aromatic nitrogens is 1. The summed E-state index contributed by atoms with van der Waals surface area (Å²) in [4.78, 5) is 21.5. The predicted molar refractivity (Wildman–Crippen MR) is 106 cm³/mol. The molecule has 1 saturated heterocycles. The quantitative estimate of drug-likeness (QED) is 0.720. The van der Waals surface area contributed by atoms with Crippen LogP contribution in [0.3, 0.4) is 0 Å². The lowest BCUT2D eigenvalue weighted by Crippen LogP contribution is -2.39. The fourth-order valence-electron chi connectivity index (χ4n) is 3.39. The first-order valence-electron chi connectivity index (χ1n) is 9.73. The standard InChI is InChI=1S/C22H29N3O2/c1-19-5-2-3-6-21(19)17-22(26)25(18-20-7-9-23-10-8-20)12-4-11-24-13-15-27-16-14-24/h2-3,5-10H,4,11-18H2,1H3. The SMILES string of the molecule is Cc1ccccc1CC(=O)N(CCCN1CCOCC1)Cc1ccncc1. The molecule has 0 spiro atoms. The van der Waals surface area contributed by atoms with Gasteiger partial charge in [0.1, 0.15) is 0 Å². The zero-order valence-corrected chi connectivity index (χ0v) is 16.1. The maximum Gasteiger partial charge on any atom is 0.227 e. The van der Waals surface area contributed by atoms with Crippen LogP contribution in [0.15, 0.2) is 48.8 Å². The van der Waals surface area contributed by atoms with Crippen LogP contribution < -0.4 is 0 Å². The third-order valence-corrected chi connectivity index (χ3v) is 5.08. The topological polar surface area (TPSA) is 45.7 Å². The fourth-order valence-corrected chi connectivity index (χ4v) is 3.39. The van der Waals surface area contributed by atoms with Gasteiger partial charge in [0, 0.05) is 45.1 Å². The Morgan fingerprint density at radius 1 is 1.15 bits per heavy atom. The van der Waals surface area contributed by atoms with Gasteiger partial charge in [-0.3, -0.25) is 14.7 Å². The van der Waals surface area contributed by atoms with E-state index in [0.717, 1.165) is 56.9 Å². The molecule has 0 N–H and O–H groups in total. The van der Waals surface area contributed by atoms with Gasteiger partial charge in [0.2, 0.25) is 5.91 Å². The number of rotatable bonds is 8. The Bertz CT molecular complexity index is 715. The molecule has 1 aromatic carbocycles. The van der Waals surface area contributed by atoms with E-state index in [1.165, 1.54) is 5.56 Å². The molecule has 1 aliphatic heterocycles. The Morgan fingerprint density at radius 2 is 1.89 bits per heavy atom. The van der Waals surface area contributed by atoms with Crippen molar-refractivity contribution in [2.45, 2.75) is 26.3 Å². The number of morpholine rings is 1. The van der Waals surface area contributed by atoms with E-state index in [0.29, 0.717) is 13.0 Å². The second-order valence-corrected chi connectivity index (χ2v) is 7.08. The van der Waals surface area contributed by atoms with Crippen molar-refractivity contribution >= 4 is 5.91 Å². The van der Waals surface area contributed by atoms with Crippen LogP contribution in [0.25, 0.3) is 0 Å². The minimum absolute atomic E-state index is 0.183. The Morgan fingerprint density at radius 3 is 2.63 bits per heavy atom. The monoisotopic (exact) mass is 367 g/mol. The lowest BCUT2D eigenvalue weighted by molar-refractivity contribution is -0.131. The predicted octanol–water partition coefficient (Wildman–Crippen LogP) is 2.68. The normalized spacial score (nSPS) is 14.9. The van der Waals surface area contributed by atoms with Crippen molar-refractivity contribution in [2.24, 2.45) is 0 Å². The van der Waals surface area contributed by atoms with Gasteiger partial charge >= 0.3 is 0 Å². The molecule has 0 atom stereocenters. The molecule has 5 heteroatoms. The Balaban J connectivity index is 1.61. The van der Waals surface area contributed by atoms with Gasteiger partial charge in [-0.25, -0.2) is 0 Å². The summed E-state index contributed by atoms with van der Waals surface area (Å²) in [6.07, 6.45) is 5.00. The fraction of sp³-hybridized carbons (Fsp3) is 0.455. The van der Waals surface area contributed by atoms with Crippen LogP contribution in [-0.4, -0.2) is 60.1 Å². The van der Waals surface area contributed by atoms with Crippen LogP contribution in [0, 0.1) is 6.92 Å². The molecule has 2 heterocycles. The van der Waals surface area contributed by atoms with Gasteiger partial charge in [0.25, 0.3) is 0 Å². The molecule has 1 aliphatic rings. The van der Waals surface area contributed by atoms with Gasteiger partial charge in [0.15, 0.2) is 0 Å². The molecule has 0 saturated carbocycles. The summed E-state index contributed by atoms with van der Waals surface area (Å²) in [5.74, 6) is 0.183. The summed E-state index contributed by atoms with van der Waals surface area (Å²) in [6, 6.07) is 12.1. The third kappa shape index (κ3) is 6.15. The first-order valence-corrected chi connectivity index (χ1v) is 9.73. The van der Waals surface area contributed by atoms with E-state index >= 15 is 0 Å². The average molecular weight is 367 g/mol. The number of nitrogens with zero attached hydrogens (tertiary/aromatic N) is 3. The number of hydrogen-bond donors (Lipinski definition) is 0. The molecule has 3 rings (SSSR count). The third-order valence-electron chi connectivity index (χ3n) is 5.08. The highest BCUT2D eigenvalue weighted by molar-refractivity contribution is 5.79. The number of pyridine rings is 1. The van der Waals surface area contributed by atoms with E-state index in [4.69, 9.17) is 4.74 Å². The van der Waals surface area contributed by atoms with E-state index in [1.54, 1.807) is 12.4 Å². The Kier molecular flexibility index (Phi) is 7.36. The summed E-state index contributed by atoms with van der Waals surface area (Å²) in [5, 5.41) is 0. The van der Waals surface area contributed by atoms with Gasteiger partial charge in [-0.2, -0.15) is 0 Å². The van der Waals surface area contributed by atoms with E-state index in [1.807, 2.05) is 35.2 Å². The number of benzene rings is 1. The van der Waals surface area contributed by atoms with Gasteiger partial charge in [0.05, 0.1) is 19.6 Å². The van der Waals surface area contributed by atoms with Gasteiger partial charge in [-0.05, 0) is 42.2 Å². The van der Waals surface area contributed by atoms with Gasteiger partial charge < -0.3 is 9.64 Å². The van der Waals surface area contributed by atoms with Crippen LogP contribution in [0.4, 0.5) is 0 Å². The molecule has 0 unspecified atom stereocenters. The molecule has 144 valence electrons. The summed E-state index contributed by atoms with van der Waals surface area (Å²) in [7, 11) is 0. The number of ether oxygens (including phenoxy) is 1. The first-order chi connectivity index (χ1) is 13.2. The van der Waals surface area contributed by atoms with E-state index in [9.17, 15) is 4.79 Å². The Hall–Kier alpha value is -2.24. The summed E-state index contributed by atoms with van der Waals surface area (Å²) in [6.45, 7) is 8.08. The molecule has 27 heavy (non-hydrogen) atoms. The highest BCUT2D eigenvalue weighted by Crippen LogP contribution is 2.12. The van der Waals surface area contributed by atoms with Crippen molar-refractivity contribution < 1.29 is 9.53 Å². The molecule has 1 aromatic heterocycles. The number of carbonyl (C=O) groups is 1. The summed E-state index contributed by atoms with van der Waals surface area (Å²) in [5.41, 5.74) is 3.40. The van der Waals surface area contributed by atoms with E-state index in [-0.39, 0.29) is 5.91 Å². The van der Waals surface area contributed by atoms with Crippen molar-refractivity contribution in [1.29, 1.82) is 0 Å². The highest BCUT2D eigenvalue weighted by Gasteiger charge is 2.17. The highest BCUT2D eigenvalue weighted by atomic mass is 16.5. The molecule has 1 amide bonds.